The smallest absolute Gasteiger partial charge is 0.227 e. The maximum atomic E-state index is 13.8. The molecule has 2 heteroatoms. The topological polar surface area (TPSA) is 37.3 Å². The van der Waals surface area contributed by atoms with Gasteiger partial charge < -0.3 is 5.11 Å². The molecule has 0 radical (unpaired) electrons. The summed E-state index contributed by atoms with van der Waals surface area (Å²) < 4.78 is 0. The van der Waals surface area contributed by atoms with E-state index >= 15 is 0 Å². The monoisotopic (exact) mass is 504 g/mol. The van der Waals surface area contributed by atoms with E-state index in [1.807, 2.05) is 24.3 Å². The Balaban J connectivity index is 2.68. The van der Waals surface area contributed by atoms with E-state index in [4.69, 9.17) is 0 Å². The minimum atomic E-state index is -0.253. The van der Waals surface area contributed by atoms with Crippen LogP contribution in [0.15, 0.2) is 42.2 Å². The number of ketones is 1. The second-order valence-corrected chi connectivity index (χ2v) is 11.1. The third kappa shape index (κ3) is 8.59. The number of aliphatic hydroxyl groups excluding tert-OH is 1. The van der Waals surface area contributed by atoms with Crippen LogP contribution in [-0.4, -0.2) is 10.9 Å². The predicted molar refractivity (Wildman–Crippen MR) is 161 cm³/mol. The molecule has 0 aromatic heterocycles. The quantitative estimate of drug-likeness (QED) is 0.140. The van der Waals surface area contributed by atoms with E-state index in [9.17, 15) is 9.90 Å². The van der Waals surface area contributed by atoms with E-state index < -0.39 is 0 Å². The normalized spacial score (nSPS) is 14.4. The average molecular weight is 505 g/mol. The molecule has 3 atom stereocenters. The summed E-state index contributed by atoms with van der Waals surface area (Å²) in [6.45, 7) is 15.8. The molecule has 1 N–H and O–H groups in total. The zero-order valence-electron chi connectivity index (χ0n) is 24.7. The van der Waals surface area contributed by atoms with Crippen molar-refractivity contribution in [3.8, 4) is 0 Å². The number of rotatable bonds is 16. The van der Waals surface area contributed by atoms with Gasteiger partial charge in [-0.1, -0.05) is 123 Å². The first-order valence-corrected chi connectivity index (χ1v) is 15.0. The van der Waals surface area contributed by atoms with Crippen LogP contribution in [0.2, 0.25) is 0 Å². The van der Waals surface area contributed by atoms with E-state index in [0.29, 0.717) is 17.4 Å². The van der Waals surface area contributed by atoms with Crippen molar-refractivity contribution in [2.45, 2.75) is 130 Å². The van der Waals surface area contributed by atoms with Gasteiger partial charge in [-0.25, -0.2) is 0 Å². The maximum absolute atomic E-state index is 13.8. The number of Topliss-reactive ketones (excluding diaryl/α,β-unsaturated/α-hetero) is 1. The molecule has 0 spiro atoms. The summed E-state index contributed by atoms with van der Waals surface area (Å²) in [7, 11) is 0. The average Bonchev–Trinajstić information content (AvgIpc) is 2.91. The van der Waals surface area contributed by atoms with Gasteiger partial charge in [0.25, 0.3) is 0 Å². The van der Waals surface area contributed by atoms with Crippen molar-refractivity contribution < 1.29 is 9.90 Å². The number of unbranched alkanes of at least 4 members (excludes halogenated alkanes) is 3. The molecular formula is C35H52O2. The predicted octanol–water partition coefficient (Wildman–Crippen LogP) is 10.9. The lowest BCUT2D eigenvalue weighted by atomic mass is 9.75. The zero-order valence-corrected chi connectivity index (χ0v) is 24.7. The van der Waals surface area contributed by atoms with Crippen molar-refractivity contribution in [2.24, 2.45) is 0 Å². The molecule has 0 aliphatic heterocycles. The molecule has 0 heterocycles. The van der Waals surface area contributed by atoms with Crippen LogP contribution in [0.5, 0.6) is 0 Å². The van der Waals surface area contributed by atoms with Crippen LogP contribution in [0.4, 0.5) is 0 Å². The van der Waals surface area contributed by atoms with Gasteiger partial charge in [0.15, 0.2) is 5.76 Å². The number of benzene rings is 2. The second kappa shape index (κ2) is 15.8. The van der Waals surface area contributed by atoms with Crippen molar-refractivity contribution in [2.75, 3.05) is 0 Å². The van der Waals surface area contributed by atoms with Gasteiger partial charge in [-0.2, -0.15) is 0 Å². The first-order valence-electron chi connectivity index (χ1n) is 15.0. The Bertz CT molecular complexity index is 1020. The van der Waals surface area contributed by atoms with E-state index in [2.05, 4.69) is 60.6 Å². The number of carbonyl (C=O) groups excluding carboxylic acids is 1. The third-order valence-corrected chi connectivity index (χ3v) is 7.95. The van der Waals surface area contributed by atoms with E-state index in [0.717, 1.165) is 37.7 Å². The lowest BCUT2D eigenvalue weighted by Crippen LogP contribution is -2.16. The van der Waals surface area contributed by atoms with Gasteiger partial charge in [0.05, 0.1) is 0 Å². The van der Waals surface area contributed by atoms with Gasteiger partial charge in [-0.3, -0.25) is 4.79 Å². The van der Waals surface area contributed by atoms with E-state index in [-0.39, 0.29) is 17.5 Å². The molecule has 2 aromatic carbocycles. The van der Waals surface area contributed by atoms with E-state index in [1.54, 1.807) is 6.08 Å². The molecule has 0 aliphatic rings. The minimum absolute atomic E-state index is 0.170. The fourth-order valence-corrected chi connectivity index (χ4v) is 5.60. The van der Waals surface area contributed by atoms with Gasteiger partial charge in [0.2, 0.25) is 5.78 Å². The van der Waals surface area contributed by atoms with Gasteiger partial charge in [-0.15, -0.1) is 0 Å². The number of hydrogen-bond acceptors (Lipinski definition) is 2. The highest BCUT2D eigenvalue weighted by Crippen LogP contribution is 2.41. The Kier molecular flexibility index (Phi) is 13.2. The second-order valence-electron chi connectivity index (χ2n) is 11.1. The van der Waals surface area contributed by atoms with Crippen molar-refractivity contribution >= 4 is 11.9 Å². The summed E-state index contributed by atoms with van der Waals surface area (Å²) in [5, 5.41) is 11.0. The van der Waals surface area contributed by atoms with Gasteiger partial charge in [0.1, 0.15) is 0 Å². The van der Waals surface area contributed by atoms with Crippen LogP contribution < -0.4 is 0 Å². The Hall–Kier alpha value is -2.35. The molecule has 2 aromatic rings. The molecule has 3 unspecified atom stereocenters. The van der Waals surface area contributed by atoms with Gasteiger partial charge in [-0.05, 0) is 77.3 Å². The Morgan fingerprint density at radius 1 is 0.784 bits per heavy atom. The molecule has 0 amide bonds. The molecule has 0 fully saturated rings. The van der Waals surface area contributed by atoms with E-state index in [1.165, 1.54) is 54.4 Å². The summed E-state index contributed by atoms with van der Waals surface area (Å²) in [4.78, 5) is 13.8. The Labute approximate surface area is 227 Å². The fourth-order valence-electron chi connectivity index (χ4n) is 5.60. The van der Waals surface area contributed by atoms with Crippen LogP contribution in [0, 0.1) is 0 Å². The van der Waals surface area contributed by atoms with Crippen molar-refractivity contribution in [1.82, 2.24) is 0 Å². The highest BCUT2D eigenvalue weighted by molar-refractivity contribution is 6.10. The number of hydrogen-bond donors (Lipinski definition) is 1. The summed E-state index contributed by atoms with van der Waals surface area (Å²) >= 11 is 0. The van der Waals surface area contributed by atoms with Gasteiger partial charge >= 0.3 is 0 Å². The Morgan fingerprint density at radius 2 is 1.35 bits per heavy atom. The van der Waals surface area contributed by atoms with Crippen LogP contribution in [-0.2, 0) is 6.42 Å². The molecule has 2 rings (SSSR count). The van der Waals surface area contributed by atoms with Crippen molar-refractivity contribution in [3.05, 3.63) is 75.5 Å². The maximum Gasteiger partial charge on any atom is 0.227 e. The SMILES string of the molecule is CCCCC(C)c1ccc(C(=O)C(O)=Cc2cccc(CC)c2)c(C(C)CCCC)c1C(C)CCCC. The largest absolute Gasteiger partial charge is 0.504 e. The standard InChI is InChI=1S/C35H52O2/c1-8-12-16-25(5)30-21-22-31(35(37)32(36)24-29-20-15-19-28(11-4)23-29)34(27(7)18-14-10-3)33(30)26(6)17-13-9-2/h15,19-27,36H,8-14,16-18H2,1-7H3. The van der Waals surface area contributed by atoms with Crippen LogP contribution in [0.1, 0.15) is 162 Å². The van der Waals surface area contributed by atoms with Crippen LogP contribution in [0.3, 0.4) is 0 Å². The molecule has 2 nitrogen and oxygen atoms in total. The number of aliphatic hydroxyl groups is 1. The summed E-state index contributed by atoms with van der Waals surface area (Å²) in [6, 6.07) is 12.3. The van der Waals surface area contributed by atoms with Gasteiger partial charge in [0, 0.05) is 5.56 Å². The summed E-state index contributed by atoms with van der Waals surface area (Å²) in [5.41, 5.74) is 6.73. The molecule has 37 heavy (non-hydrogen) atoms. The first kappa shape index (κ1) is 30.9. The van der Waals surface area contributed by atoms with Crippen molar-refractivity contribution in [3.63, 3.8) is 0 Å². The first-order chi connectivity index (χ1) is 17.8. The molecule has 0 aliphatic carbocycles. The fraction of sp³-hybridized carbons (Fsp3) is 0.571. The molecule has 204 valence electrons. The molecular weight excluding hydrogens is 452 g/mol. The minimum Gasteiger partial charge on any atom is -0.504 e. The van der Waals surface area contributed by atoms with Crippen LogP contribution in [0.25, 0.3) is 6.08 Å². The highest BCUT2D eigenvalue weighted by Gasteiger charge is 2.27. The number of aryl methyl sites for hydroxylation is 1. The summed E-state index contributed by atoms with van der Waals surface area (Å²) in [5.74, 6) is 0.694. The molecule has 0 saturated carbocycles. The van der Waals surface area contributed by atoms with Crippen LogP contribution >= 0.6 is 0 Å². The lowest BCUT2D eigenvalue weighted by Gasteiger charge is -2.29. The number of carbonyl (C=O) groups is 1. The summed E-state index contributed by atoms with van der Waals surface area (Å²) in [6.07, 6.45) is 12.9. The van der Waals surface area contributed by atoms with Crippen molar-refractivity contribution in [1.29, 1.82) is 0 Å². The lowest BCUT2D eigenvalue weighted by molar-refractivity contribution is 0.0978. The third-order valence-electron chi connectivity index (χ3n) is 7.95. The highest BCUT2D eigenvalue weighted by atomic mass is 16.3. The zero-order chi connectivity index (χ0) is 27.4. The molecule has 0 saturated heterocycles. The molecule has 0 bridgehead atoms. The number of allylic oxidation sites excluding steroid dienone is 1. The Morgan fingerprint density at radius 3 is 1.92 bits per heavy atom.